The van der Waals surface area contributed by atoms with Crippen molar-refractivity contribution in [1.82, 2.24) is 14.7 Å². The van der Waals surface area contributed by atoms with Gasteiger partial charge in [0.15, 0.2) is 0 Å². The Bertz CT molecular complexity index is 914. The van der Waals surface area contributed by atoms with Gasteiger partial charge in [0, 0.05) is 53.8 Å². The molecule has 2 aliphatic heterocycles. The van der Waals surface area contributed by atoms with Crippen LogP contribution in [0.25, 0.3) is 0 Å². The lowest BCUT2D eigenvalue weighted by atomic mass is 9.72. The Hall–Kier alpha value is -1.89. The summed E-state index contributed by atoms with van der Waals surface area (Å²) in [6, 6.07) is 18.1. The van der Waals surface area contributed by atoms with Crippen molar-refractivity contribution in [1.29, 1.82) is 0 Å². The molecule has 2 aliphatic rings. The standard InChI is InChI=1S/C26H35BrN4O/c1-5-23-25(19-8-10-20(27)11-9-19)24-17-30(15-14-22(29(3)4)16-31(23)24)26(32)28-21-12-6-18(2)7-13-21/h6-13,22-25H,5,14-17H2,1-4H3,(H,28,32)/t22?,23-,24+,25+/m1/s1. The van der Waals surface area contributed by atoms with Gasteiger partial charge in [-0.05, 0) is 63.7 Å². The van der Waals surface area contributed by atoms with Crippen molar-refractivity contribution >= 4 is 27.6 Å². The fourth-order valence-corrected chi connectivity index (χ4v) is 5.59. The third kappa shape index (κ3) is 4.87. The number of aryl methyl sites for hydroxylation is 1. The molecule has 6 heteroatoms. The molecule has 0 bridgehead atoms. The highest BCUT2D eigenvalue weighted by molar-refractivity contribution is 9.10. The van der Waals surface area contributed by atoms with E-state index in [2.05, 4.69) is 83.3 Å². The molecule has 0 aromatic heterocycles. The van der Waals surface area contributed by atoms with Crippen molar-refractivity contribution < 1.29 is 4.79 Å². The van der Waals surface area contributed by atoms with Gasteiger partial charge < -0.3 is 15.1 Å². The maximum Gasteiger partial charge on any atom is 0.321 e. The van der Waals surface area contributed by atoms with E-state index in [4.69, 9.17) is 0 Å². The summed E-state index contributed by atoms with van der Waals surface area (Å²) in [7, 11) is 4.32. The zero-order valence-corrected chi connectivity index (χ0v) is 21.2. The first-order valence-electron chi connectivity index (χ1n) is 11.7. The quantitative estimate of drug-likeness (QED) is 0.631. The molecule has 1 N–H and O–H groups in total. The molecule has 32 heavy (non-hydrogen) atoms. The normalized spacial score (nSPS) is 26.1. The highest BCUT2D eigenvalue weighted by Gasteiger charge is 2.50. The van der Waals surface area contributed by atoms with Gasteiger partial charge in [-0.1, -0.05) is 52.7 Å². The molecule has 1 unspecified atom stereocenters. The molecule has 2 fully saturated rings. The molecule has 2 aromatic rings. The van der Waals surface area contributed by atoms with E-state index in [0.717, 1.165) is 42.6 Å². The van der Waals surface area contributed by atoms with Crippen LogP contribution < -0.4 is 5.32 Å². The maximum atomic E-state index is 13.3. The fourth-order valence-electron chi connectivity index (χ4n) is 5.32. The molecule has 2 aromatic carbocycles. The maximum absolute atomic E-state index is 13.3. The first-order chi connectivity index (χ1) is 15.4. The molecule has 4 atom stereocenters. The van der Waals surface area contributed by atoms with E-state index in [1.54, 1.807) is 0 Å². The molecule has 0 saturated carbocycles. The van der Waals surface area contributed by atoms with E-state index < -0.39 is 0 Å². The van der Waals surface area contributed by atoms with Crippen LogP contribution in [0.2, 0.25) is 0 Å². The molecule has 5 nitrogen and oxygen atoms in total. The highest BCUT2D eigenvalue weighted by atomic mass is 79.9. The Morgan fingerprint density at radius 3 is 2.41 bits per heavy atom. The van der Waals surface area contributed by atoms with E-state index in [0.29, 0.717) is 24.0 Å². The van der Waals surface area contributed by atoms with E-state index >= 15 is 0 Å². The molecular formula is C26H35BrN4O. The van der Waals surface area contributed by atoms with Crippen LogP contribution in [-0.2, 0) is 0 Å². The highest BCUT2D eigenvalue weighted by Crippen LogP contribution is 2.44. The van der Waals surface area contributed by atoms with Crippen molar-refractivity contribution in [3.05, 3.63) is 64.1 Å². The van der Waals surface area contributed by atoms with Crippen LogP contribution in [0.3, 0.4) is 0 Å². The van der Waals surface area contributed by atoms with Gasteiger partial charge in [-0.25, -0.2) is 4.79 Å². The molecule has 2 amide bonds. The van der Waals surface area contributed by atoms with Crippen LogP contribution in [0, 0.1) is 6.92 Å². The predicted octanol–water partition coefficient (Wildman–Crippen LogP) is 5.17. The van der Waals surface area contributed by atoms with Crippen molar-refractivity contribution in [2.45, 2.75) is 50.7 Å². The summed E-state index contributed by atoms with van der Waals surface area (Å²) in [5.74, 6) is 0.448. The fraction of sp³-hybridized carbons (Fsp3) is 0.500. The number of halogens is 1. The number of carbonyl (C=O) groups is 1. The Labute approximate surface area is 200 Å². The second-order valence-corrected chi connectivity index (χ2v) is 10.4. The first kappa shape index (κ1) is 23.3. The molecule has 0 spiro atoms. The Kier molecular flexibility index (Phi) is 7.23. The van der Waals surface area contributed by atoms with Gasteiger partial charge in [0.05, 0.1) is 0 Å². The molecule has 2 saturated heterocycles. The number of hydrogen-bond acceptors (Lipinski definition) is 3. The lowest BCUT2D eigenvalue weighted by Gasteiger charge is -2.59. The zero-order valence-electron chi connectivity index (χ0n) is 19.6. The minimum Gasteiger partial charge on any atom is -0.323 e. The minimum atomic E-state index is 0.00251. The number of fused-ring (bicyclic) bond motifs is 1. The molecule has 172 valence electrons. The number of hydrogen-bond donors (Lipinski definition) is 1. The van der Waals surface area contributed by atoms with Gasteiger partial charge in [-0.2, -0.15) is 0 Å². The number of urea groups is 1. The summed E-state index contributed by atoms with van der Waals surface area (Å²) in [6.45, 7) is 6.95. The smallest absolute Gasteiger partial charge is 0.321 e. The number of carbonyl (C=O) groups excluding carboxylic acids is 1. The Balaban J connectivity index is 1.58. The minimum absolute atomic E-state index is 0.00251. The van der Waals surface area contributed by atoms with E-state index in [9.17, 15) is 4.79 Å². The Morgan fingerprint density at radius 1 is 1.09 bits per heavy atom. The third-order valence-electron chi connectivity index (χ3n) is 7.24. The number of nitrogens with zero attached hydrogens (tertiary/aromatic N) is 3. The molecular weight excluding hydrogens is 464 g/mol. The summed E-state index contributed by atoms with van der Waals surface area (Å²) in [4.78, 5) is 20.3. The number of amides is 2. The predicted molar refractivity (Wildman–Crippen MR) is 135 cm³/mol. The monoisotopic (exact) mass is 498 g/mol. The summed E-state index contributed by atoms with van der Waals surface area (Å²) in [5.41, 5.74) is 3.42. The van der Waals surface area contributed by atoms with Crippen molar-refractivity contribution in [3.8, 4) is 0 Å². The van der Waals surface area contributed by atoms with E-state index in [1.165, 1.54) is 11.1 Å². The van der Waals surface area contributed by atoms with Crippen LogP contribution >= 0.6 is 15.9 Å². The number of benzene rings is 2. The number of likely N-dealkylation sites (N-methyl/N-ethyl adjacent to an activating group) is 1. The lowest BCUT2D eigenvalue weighted by molar-refractivity contribution is -0.0537. The average molecular weight is 499 g/mol. The van der Waals surface area contributed by atoms with Crippen LogP contribution in [0.1, 0.15) is 36.8 Å². The topological polar surface area (TPSA) is 38.8 Å². The van der Waals surface area contributed by atoms with Gasteiger partial charge in [0.25, 0.3) is 0 Å². The molecule has 4 rings (SSSR count). The first-order valence-corrected chi connectivity index (χ1v) is 12.5. The van der Waals surface area contributed by atoms with Crippen molar-refractivity contribution in [3.63, 3.8) is 0 Å². The lowest BCUT2D eigenvalue weighted by Crippen LogP contribution is -2.69. The largest absolute Gasteiger partial charge is 0.323 e. The summed E-state index contributed by atoms with van der Waals surface area (Å²) < 4.78 is 1.11. The SMILES string of the molecule is CC[C@@H]1[C@H](c2ccc(Br)cc2)[C@@H]2CN(C(=O)Nc3ccc(C)cc3)CCC(N(C)C)CN12. The van der Waals surface area contributed by atoms with Gasteiger partial charge >= 0.3 is 6.03 Å². The van der Waals surface area contributed by atoms with Crippen molar-refractivity contribution in [2.24, 2.45) is 0 Å². The van der Waals surface area contributed by atoms with E-state index in [-0.39, 0.29) is 6.03 Å². The summed E-state index contributed by atoms with van der Waals surface area (Å²) in [6.07, 6.45) is 2.10. The van der Waals surface area contributed by atoms with Gasteiger partial charge in [0.2, 0.25) is 0 Å². The molecule has 2 heterocycles. The number of rotatable bonds is 4. The average Bonchev–Trinajstić information content (AvgIpc) is 2.75. The third-order valence-corrected chi connectivity index (χ3v) is 7.76. The second kappa shape index (κ2) is 9.94. The summed E-state index contributed by atoms with van der Waals surface area (Å²) >= 11 is 3.57. The number of anilines is 1. The second-order valence-electron chi connectivity index (χ2n) is 9.47. The summed E-state index contributed by atoms with van der Waals surface area (Å²) in [5, 5.41) is 3.13. The Morgan fingerprint density at radius 2 is 1.78 bits per heavy atom. The van der Waals surface area contributed by atoms with Crippen LogP contribution in [0.4, 0.5) is 10.5 Å². The van der Waals surface area contributed by atoms with Gasteiger partial charge in [-0.3, -0.25) is 4.90 Å². The van der Waals surface area contributed by atoms with Crippen LogP contribution in [0.15, 0.2) is 53.0 Å². The van der Waals surface area contributed by atoms with Crippen molar-refractivity contribution in [2.75, 3.05) is 39.0 Å². The van der Waals surface area contributed by atoms with Gasteiger partial charge in [-0.15, -0.1) is 0 Å². The molecule has 0 radical (unpaired) electrons. The van der Waals surface area contributed by atoms with Gasteiger partial charge in [0.1, 0.15) is 0 Å². The van der Waals surface area contributed by atoms with Crippen LogP contribution in [-0.4, -0.2) is 72.6 Å². The van der Waals surface area contributed by atoms with E-state index in [1.807, 2.05) is 29.2 Å². The van der Waals surface area contributed by atoms with Crippen LogP contribution in [0.5, 0.6) is 0 Å². The number of nitrogens with one attached hydrogen (secondary N) is 1. The zero-order chi connectivity index (χ0) is 22.8. The molecule has 0 aliphatic carbocycles.